The summed E-state index contributed by atoms with van der Waals surface area (Å²) in [6.07, 6.45) is 5.12. The average molecular weight is 241 g/mol. The largest absolute Gasteiger partial charge is 0.481 e. The van der Waals surface area contributed by atoms with Crippen LogP contribution in [0.3, 0.4) is 0 Å². The molecule has 0 aromatic carbocycles. The molecule has 0 saturated carbocycles. The number of ether oxygens (including phenoxy) is 1. The van der Waals surface area contributed by atoms with Crippen LogP contribution in [-0.4, -0.2) is 48.3 Å². The van der Waals surface area contributed by atoms with Gasteiger partial charge in [-0.05, 0) is 38.1 Å². The third kappa shape index (κ3) is 3.42. The molecule has 2 aliphatic rings. The lowest BCUT2D eigenvalue weighted by molar-refractivity contribution is -0.142. The van der Waals surface area contributed by atoms with Crippen molar-refractivity contribution in [3.63, 3.8) is 0 Å². The smallest absolute Gasteiger partial charge is 0.308 e. The van der Waals surface area contributed by atoms with Crippen LogP contribution >= 0.6 is 0 Å². The maximum atomic E-state index is 11.0. The fourth-order valence-corrected chi connectivity index (χ4v) is 2.99. The lowest BCUT2D eigenvalue weighted by Crippen LogP contribution is -2.25. The van der Waals surface area contributed by atoms with Crippen LogP contribution in [0.4, 0.5) is 0 Å². The molecule has 2 fully saturated rings. The van der Waals surface area contributed by atoms with Gasteiger partial charge in [0, 0.05) is 19.7 Å². The van der Waals surface area contributed by atoms with Gasteiger partial charge >= 0.3 is 5.97 Å². The lowest BCUT2D eigenvalue weighted by atomic mass is 9.99. The first-order valence-corrected chi connectivity index (χ1v) is 6.73. The fourth-order valence-electron chi connectivity index (χ4n) is 2.99. The molecule has 1 N–H and O–H groups in total. The Hall–Kier alpha value is -0.610. The molecule has 2 heterocycles. The van der Waals surface area contributed by atoms with E-state index in [4.69, 9.17) is 9.84 Å². The second-order valence-corrected chi connectivity index (χ2v) is 5.46. The fraction of sp³-hybridized carbons (Fsp3) is 0.923. The van der Waals surface area contributed by atoms with Crippen molar-refractivity contribution in [3.8, 4) is 0 Å². The summed E-state index contributed by atoms with van der Waals surface area (Å²) in [6.45, 7) is 5.64. The van der Waals surface area contributed by atoms with Gasteiger partial charge in [0.05, 0.1) is 12.0 Å². The van der Waals surface area contributed by atoms with Gasteiger partial charge in [-0.15, -0.1) is 0 Å². The number of carbonyl (C=O) groups is 1. The first-order chi connectivity index (χ1) is 8.16. The zero-order valence-electron chi connectivity index (χ0n) is 10.6. The highest BCUT2D eigenvalue weighted by atomic mass is 16.5. The minimum Gasteiger partial charge on any atom is -0.481 e. The molecule has 2 aliphatic heterocycles. The van der Waals surface area contributed by atoms with E-state index in [9.17, 15) is 4.79 Å². The van der Waals surface area contributed by atoms with Crippen LogP contribution in [0.5, 0.6) is 0 Å². The lowest BCUT2D eigenvalue weighted by Gasteiger charge is -2.16. The van der Waals surface area contributed by atoms with Crippen LogP contribution in [0.2, 0.25) is 0 Å². The number of aliphatic carboxylic acids is 1. The standard InChI is InChI=1S/C13H23NO3/c1-10-8-14(9-12(10)13(15)16)6-2-4-11-5-3-7-17-11/h10-12H,2-9H2,1H3,(H,15,16)/t10-,11?,12-/m1/s1. The van der Waals surface area contributed by atoms with Gasteiger partial charge in [-0.3, -0.25) is 4.79 Å². The molecule has 4 heteroatoms. The van der Waals surface area contributed by atoms with Gasteiger partial charge in [0.1, 0.15) is 0 Å². The number of rotatable bonds is 5. The van der Waals surface area contributed by atoms with Crippen molar-refractivity contribution in [1.29, 1.82) is 0 Å². The molecular weight excluding hydrogens is 218 g/mol. The average Bonchev–Trinajstić information content (AvgIpc) is 2.88. The number of likely N-dealkylation sites (tertiary alicyclic amines) is 1. The Morgan fingerprint density at radius 3 is 2.88 bits per heavy atom. The molecule has 0 aromatic rings. The number of hydrogen-bond acceptors (Lipinski definition) is 3. The zero-order chi connectivity index (χ0) is 12.3. The van der Waals surface area contributed by atoms with Crippen LogP contribution in [0, 0.1) is 11.8 Å². The molecule has 17 heavy (non-hydrogen) atoms. The molecule has 0 aliphatic carbocycles. The Kier molecular flexibility index (Phi) is 4.40. The van der Waals surface area contributed by atoms with Gasteiger partial charge < -0.3 is 14.7 Å². The highest BCUT2D eigenvalue weighted by Crippen LogP contribution is 2.24. The number of nitrogens with zero attached hydrogens (tertiary/aromatic N) is 1. The summed E-state index contributed by atoms with van der Waals surface area (Å²) in [4.78, 5) is 13.3. The normalized spacial score (nSPS) is 34.3. The van der Waals surface area contributed by atoms with Crippen LogP contribution in [0.25, 0.3) is 0 Å². The quantitative estimate of drug-likeness (QED) is 0.794. The van der Waals surface area contributed by atoms with Crippen molar-refractivity contribution in [2.75, 3.05) is 26.2 Å². The topological polar surface area (TPSA) is 49.8 Å². The summed E-state index contributed by atoms with van der Waals surface area (Å²) in [5.74, 6) is -0.521. The monoisotopic (exact) mass is 241 g/mol. The molecule has 4 nitrogen and oxygen atoms in total. The summed E-state index contributed by atoms with van der Waals surface area (Å²) in [5, 5.41) is 9.05. The van der Waals surface area contributed by atoms with Gasteiger partial charge in [-0.2, -0.15) is 0 Å². The first-order valence-electron chi connectivity index (χ1n) is 6.73. The molecule has 1 unspecified atom stereocenters. The predicted octanol–water partition coefficient (Wildman–Crippen LogP) is 1.60. The van der Waals surface area contributed by atoms with Gasteiger partial charge in [-0.1, -0.05) is 6.92 Å². The molecule has 2 rings (SSSR count). The number of carboxylic acids is 1. The Morgan fingerprint density at radius 2 is 2.29 bits per heavy atom. The van der Waals surface area contributed by atoms with Crippen molar-refractivity contribution in [2.24, 2.45) is 11.8 Å². The van der Waals surface area contributed by atoms with E-state index >= 15 is 0 Å². The van der Waals surface area contributed by atoms with Gasteiger partial charge in [0.15, 0.2) is 0 Å². The summed E-state index contributed by atoms with van der Waals surface area (Å²) in [5.41, 5.74) is 0. The highest BCUT2D eigenvalue weighted by molar-refractivity contribution is 5.71. The summed E-state index contributed by atoms with van der Waals surface area (Å²) >= 11 is 0. The van der Waals surface area contributed by atoms with E-state index < -0.39 is 5.97 Å². The van der Waals surface area contributed by atoms with E-state index in [0.29, 0.717) is 6.10 Å². The summed E-state index contributed by atoms with van der Waals surface area (Å²) < 4.78 is 5.59. The molecule has 0 amide bonds. The summed E-state index contributed by atoms with van der Waals surface area (Å²) in [7, 11) is 0. The molecule has 0 radical (unpaired) electrons. The van der Waals surface area contributed by atoms with E-state index in [1.54, 1.807) is 0 Å². The SMILES string of the molecule is C[C@@H]1CN(CCCC2CCCO2)C[C@H]1C(=O)O. The predicted molar refractivity (Wildman–Crippen MR) is 64.9 cm³/mol. The van der Waals surface area contributed by atoms with Crippen molar-refractivity contribution in [1.82, 2.24) is 4.90 Å². The van der Waals surface area contributed by atoms with Crippen molar-refractivity contribution < 1.29 is 14.6 Å². The minimum atomic E-state index is -0.640. The van der Waals surface area contributed by atoms with E-state index in [-0.39, 0.29) is 11.8 Å². The van der Waals surface area contributed by atoms with Crippen LogP contribution in [0.1, 0.15) is 32.6 Å². The molecule has 0 spiro atoms. The second-order valence-electron chi connectivity index (χ2n) is 5.46. The van der Waals surface area contributed by atoms with Crippen molar-refractivity contribution in [3.05, 3.63) is 0 Å². The van der Waals surface area contributed by atoms with E-state index in [1.807, 2.05) is 6.92 Å². The molecular formula is C13H23NO3. The molecule has 0 bridgehead atoms. The van der Waals surface area contributed by atoms with Crippen LogP contribution in [0.15, 0.2) is 0 Å². The number of hydrogen-bond donors (Lipinski definition) is 1. The summed E-state index contributed by atoms with van der Waals surface area (Å²) in [6, 6.07) is 0. The van der Waals surface area contributed by atoms with Gasteiger partial charge in [0.25, 0.3) is 0 Å². The molecule has 98 valence electrons. The maximum Gasteiger partial charge on any atom is 0.308 e. The van der Waals surface area contributed by atoms with Crippen molar-refractivity contribution in [2.45, 2.75) is 38.7 Å². The van der Waals surface area contributed by atoms with E-state index in [1.165, 1.54) is 12.8 Å². The Labute approximate surface area is 103 Å². The Balaban J connectivity index is 1.65. The minimum absolute atomic E-state index is 0.169. The first kappa shape index (κ1) is 12.8. The van der Waals surface area contributed by atoms with Crippen LogP contribution in [-0.2, 0) is 9.53 Å². The number of carboxylic acid groups (broad SMARTS) is 1. The molecule has 0 aromatic heterocycles. The molecule has 2 saturated heterocycles. The van der Waals surface area contributed by atoms with Gasteiger partial charge in [0.2, 0.25) is 0 Å². The third-order valence-corrected chi connectivity index (χ3v) is 4.03. The molecule has 3 atom stereocenters. The zero-order valence-corrected chi connectivity index (χ0v) is 10.6. The Bertz CT molecular complexity index is 263. The van der Waals surface area contributed by atoms with Crippen molar-refractivity contribution >= 4 is 5.97 Å². The van der Waals surface area contributed by atoms with E-state index in [2.05, 4.69) is 4.90 Å². The van der Waals surface area contributed by atoms with Gasteiger partial charge in [-0.25, -0.2) is 0 Å². The maximum absolute atomic E-state index is 11.0. The van der Waals surface area contributed by atoms with E-state index in [0.717, 1.165) is 39.1 Å². The third-order valence-electron chi connectivity index (χ3n) is 4.03. The van der Waals surface area contributed by atoms with Crippen LogP contribution < -0.4 is 0 Å². The Morgan fingerprint density at radius 1 is 1.47 bits per heavy atom. The highest BCUT2D eigenvalue weighted by Gasteiger charge is 2.34. The second kappa shape index (κ2) is 5.83.